The number of unbranched alkanes of at least 4 members (excludes halogenated alkanes) is 20. The van der Waals surface area contributed by atoms with E-state index >= 15 is 0 Å². The number of carbonyl (C=O) groups is 3. The summed E-state index contributed by atoms with van der Waals surface area (Å²) in [6, 6.07) is -1.52. The molecule has 12 heteroatoms. The highest BCUT2D eigenvalue weighted by Crippen LogP contribution is 2.43. The van der Waals surface area contributed by atoms with Crippen molar-refractivity contribution in [2.75, 3.05) is 19.8 Å². The molecule has 0 radical (unpaired) electrons. The normalized spacial score (nSPS) is 14.1. The number of rotatable bonds is 40. The number of esters is 2. The molecule has 3 unspecified atom stereocenters. The Bertz CT molecular complexity index is 1080. The molecule has 0 saturated heterocycles. The summed E-state index contributed by atoms with van der Waals surface area (Å²) in [5.74, 6) is -2.39. The molecule has 4 N–H and O–H groups in total. The maximum atomic E-state index is 12.6. The Balaban J connectivity index is 4.35. The first-order valence-corrected chi connectivity index (χ1v) is 23.0. The molecular formula is C43H78NO10P. The van der Waals surface area contributed by atoms with Crippen LogP contribution in [0, 0.1) is 0 Å². The average molecular weight is 800 g/mol. The molecule has 55 heavy (non-hydrogen) atoms. The number of carbonyl (C=O) groups excluding carboxylic acids is 2. The summed E-state index contributed by atoms with van der Waals surface area (Å²) in [6.45, 7) is 2.74. The van der Waals surface area contributed by atoms with Gasteiger partial charge in [0.05, 0.1) is 13.2 Å². The van der Waals surface area contributed by atoms with Crippen molar-refractivity contribution in [3.05, 3.63) is 36.5 Å². The van der Waals surface area contributed by atoms with Crippen molar-refractivity contribution < 1.29 is 47.5 Å². The summed E-state index contributed by atoms with van der Waals surface area (Å²) in [5.41, 5.74) is 5.33. The van der Waals surface area contributed by atoms with Crippen LogP contribution in [0.5, 0.6) is 0 Å². The number of phosphoric ester groups is 1. The second-order valence-electron chi connectivity index (χ2n) is 14.5. The van der Waals surface area contributed by atoms with Crippen LogP contribution in [0.3, 0.4) is 0 Å². The number of aliphatic carboxylic acids is 1. The third-order valence-electron chi connectivity index (χ3n) is 9.11. The van der Waals surface area contributed by atoms with Crippen LogP contribution in [0.2, 0.25) is 0 Å². The zero-order valence-corrected chi connectivity index (χ0v) is 35.4. The van der Waals surface area contributed by atoms with Crippen LogP contribution < -0.4 is 5.73 Å². The van der Waals surface area contributed by atoms with E-state index in [0.717, 1.165) is 70.6 Å². The molecule has 0 saturated carbocycles. The van der Waals surface area contributed by atoms with Crippen molar-refractivity contribution in [1.82, 2.24) is 0 Å². The number of phosphoric acid groups is 1. The number of carboxylic acids is 1. The lowest BCUT2D eigenvalue weighted by Gasteiger charge is -2.20. The number of ether oxygens (including phenoxy) is 2. The molecule has 0 aliphatic heterocycles. The summed E-state index contributed by atoms with van der Waals surface area (Å²) < 4.78 is 32.6. The molecule has 0 aromatic heterocycles. The molecule has 0 aliphatic carbocycles. The number of hydrogen-bond acceptors (Lipinski definition) is 9. The predicted molar refractivity (Wildman–Crippen MR) is 222 cm³/mol. The van der Waals surface area contributed by atoms with E-state index in [4.69, 9.17) is 24.8 Å². The van der Waals surface area contributed by atoms with Gasteiger partial charge in [-0.05, 0) is 70.6 Å². The number of nitrogens with two attached hydrogens (primary N) is 1. The molecule has 320 valence electrons. The van der Waals surface area contributed by atoms with E-state index in [9.17, 15) is 23.8 Å². The topological polar surface area (TPSA) is 172 Å². The zero-order valence-electron chi connectivity index (χ0n) is 34.5. The molecule has 0 fully saturated rings. The summed E-state index contributed by atoms with van der Waals surface area (Å²) in [6.07, 6.45) is 40.6. The SMILES string of the molecule is CCCCC/C=C\C/C=C\CCCCCCCCCCCC(=O)OC(COC(=O)CCCCCCC/C=C\CCCCC)COP(=O)(O)OCC(N)C(=O)O. The molecule has 0 rings (SSSR count). The van der Waals surface area contributed by atoms with Gasteiger partial charge in [0.15, 0.2) is 6.10 Å². The van der Waals surface area contributed by atoms with E-state index in [-0.39, 0.29) is 19.4 Å². The standard InChI is InChI=1S/C43H78NO10P/c1-3-5-7-9-11-13-15-17-18-19-20-21-22-23-25-27-29-31-33-35-42(46)54-39(37-52-55(49,50)53-38-40(44)43(47)48)36-51-41(45)34-32-30-28-26-24-16-14-12-10-8-6-4-2/h11-14,17-18,39-40H,3-10,15-16,19-38,44H2,1-2H3,(H,47,48)(H,49,50)/b13-11-,14-12-,18-17-. The average Bonchev–Trinajstić information content (AvgIpc) is 3.16. The molecule has 11 nitrogen and oxygen atoms in total. The van der Waals surface area contributed by atoms with E-state index in [1.165, 1.54) is 77.0 Å². The van der Waals surface area contributed by atoms with Crippen LogP contribution in [0.4, 0.5) is 0 Å². The van der Waals surface area contributed by atoms with Gasteiger partial charge in [0.2, 0.25) is 0 Å². The van der Waals surface area contributed by atoms with Gasteiger partial charge < -0.3 is 25.2 Å². The summed E-state index contributed by atoms with van der Waals surface area (Å²) >= 11 is 0. The van der Waals surface area contributed by atoms with Crippen LogP contribution >= 0.6 is 7.82 Å². The highest BCUT2D eigenvalue weighted by Gasteiger charge is 2.28. The predicted octanol–water partition coefficient (Wildman–Crippen LogP) is 11.2. The zero-order chi connectivity index (χ0) is 40.7. The van der Waals surface area contributed by atoms with E-state index in [0.29, 0.717) is 12.8 Å². The summed E-state index contributed by atoms with van der Waals surface area (Å²) in [5, 5.41) is 8.88. The van der Waals surface area contributed by atoms with Gasteiger partial charge in [0.25, 0.3) is 0 Å². The lowest BCUT2D eigenvalue weighted by molar-refractivity contribution is -0.161. The Morgan fingerprint density at radius 3 is 1.44 bits per heavy atom. The minimum Gasteiger partial charge on any atom is -0.480 e. The third kappa shape index (κ3) is 38.4. The molecule has 0 spiro atoms. The van der Waals surface area contributed by atoms with Gasteiger partial charge in [-0.2, -0.15) is 0 Å². The van der Waals surface area contributed by atoms with Crippen LogP contribution in [-0.4, -0.2) is 59.9 Å². The van der Waals surface area contributed by atoms with Crippen molar-refractivity contribution in [3.8, 4) is 0 Å². The maximum Gasteiger partial charge on any atom is 0.472 e. The molecule has 0 aromatic carbocycles. The Kier molecular flexibility index (Phi) is 37.0. The van der Waals surface area contributed by atoms with Crippen LogP contribution in [0.1, 0.15) is 187 Å². The van der Waals surface area contributed by atoms with Crippen molar-refractivity contribution in [2.45, 2.75) is 199 Å². The lowest BCUT2D eigenvalue weighted by atomic mass is 10.1. The van der Waals surface area contributed by atoms with Gasteiger partial charge in [0, 0.05) is 12.8 Å². The Morgan fingerprint density at radius 1 is 0.564 bits per heavy atom. The Labute approximate surface area is 333 Å². The van der Waals surface area contributed by atoms with Gasteiger partial charge in [0.1, 0.15) is 12.6 Å². The van der Waals surface area contributed by atoms with Crippen molar-refractivity contribution in [2.24, 2.45) is 5.73 Å². The van der Waals surface area contributed by atoms with Crippen molar-refractivity contribution >= 4 is 25.7 Å². The van der Waals surface area contributed by atoms with Gasteiger partial charge in [-0.1, -0.05) is 140 Å². The Hall–Kier alpha value is -2.30. The van der Waals surface area contributed by atoms with Crippen molar-refractivity contribution in [1.29, 1.82) is 0 Å². The van der Waals surface area contributed by atoms with E-state index in [1.54, 1.807) is 0 Å². The maximum absolute atomic E-state index is 12.6. The largest absolute Gasteiger partial charge is 0.480 e. The van der Waals surface area contributed by atoms with Gasteiger partial charge in [-0.3, -0.25) is 23.4 Å². The lowest BCUT2D eigenvalue weighted by Crippen LogP contribution is -2.34. The number of hydrogen-bond donors (Lipinski definition) is 3. The molecule has 0 amide bonds. The summed E-state index contributed by atoms with van der Waals surface area (Å²) in [4.78, 5) is 45.9. The van der Waals surface area contributed by atoms with Crippen LogP contribution in [0.25, 0.3) is 0 Å². The van der Waals surface area contributed by atoms with E-state index in [1.807, 2.05) is 0 Å². The monoisotopic (exact) mass is 800 g/mol. The minimum atomic E-state index is -4.72. The molecule has 0 bridgehead atoms. The molecular weight excluding hydrogens is 721 g/mol. The molecule has 0 aliphatic rings. The second kappa shape index (κ2) is 38.6. The van der Waals surface area contributed by atoms with Gasteiger partial charge in [-0.25, -0.2) is 4.57 Å². The van der Waals surface area contributed by atoms with E-state index < -0.39 is 51.1 Å². The van der Waals surface area contributed by atoms with Crippen molar-refractivity contribution in [3.63, 3.8) is 0 Å². The third-order valence-corrected chi connectivity index (χ3v) is 10.1. The summed E-state index contributed by atoms with van der Waals surface area (Å²) in [7, 11) is -4.72. The fourth-order valence-corrected chi connectivity index (χ4v) is 6.46. The fourth-order valence-electron chi connectivity index (χ4n) is 5.68. The quantitative estimate of drug-likeness (QED) is 0.0233. The molecule has 3 atom stereocenters. The Morgan fingerprint density at radius 2 is 0.964 bits per heavy atom. The highest BCUT2D eigenvalue weighted by atomic mass is 31.2. The molecule has 0 aromatic rings. The first-order chi connectivity index (χ1) is 26.6. The van der Waals surface area contributed by atoms with Gasteiger partial charge >= 0.3 is 25.7 Å². The smallest absolute Gasteiger partial charge is 0.472 e. The number of allylic oxidation sites excluding steroid dienone is 6. The van der Waals surface area contributed by atoms with Crippen LogP contribution in [0.15, 0.2) is 36.5 Å². The molecule has 0 heterocycles. The fraction of sp³-hybridized carbons (Fsp3) is 0.791. The number of carboxylic acid groups (broad SMARTS) is 1. The van der Waals surface area contributed by atoms with Gasteiger partial charge in [-0.15, -0.1) is 0 Å². The highest BCUT2D eigenvalue weighted by molar-refractivity contribution is 7.47. The first kappa shape index (κ1) is 52.7. The van der Waals surface area contributed by atoms with E-state index in [2.05, 4.69) is 54.8 Å². The minimum absolute atomic E-state index is 0.155. The van der Waals surface area contributed by atoms with Crippen LogP contribution in [-0.2, 0) is 37.5 Å². The first-order valence-electron chi connectivity index (χ1n) is 21.5. The second-order valence-corrected chi connectivity index (χ2v) is 15.9.